The van der Waals surface area contributed by atoms with E-state index in [4.69, 9.17) is 29.9 Å². The summed E-state index contributed by atoms with van der Waals surface area (Å²) in [6.45, 7) is 9.16. The molecule has 0 spiro atoms. The van der Waals surface area contributed by atoms with Crippen LogP contribution in [0.4, 0.5) is 0 Å². The highest BCUT2D eigenvalue weighted by Crippen LogP contribution is 2.47. The highest BCUT2D eigenvalue weighted by molar-refractivity contribution is 7.42. The van der Waals surface area contributed by atoms with Gasteiger partial charge >= 0.3 is 14.6 Å². The van der Waals surface area contributed by atoms with E-state index in [0.717, 1.165) is 29.2 Å². The number of carbonyl (C=O) groups excluding carboxylic acids is 1. The number of carbonyl (C=O) groups is 1. The molecule has 2 heterocycles. The molecule has 0 fully saturated rings. The normalized spacial score (nSPS) is 15.4. The van der Waals surface area contributed by atoms with Crippen LogP contribution in [0.1, 0.15) is 49.7 Å². The van der Waals surface area contributed by atoms with E-state index in [2.05, 4.69) is 4.90 Å². The molecular formula is C22H29ClNO5PS. The zero-order valence-electron chi connectivity index (χ0n) is 18.5. The van der Waals surface area contributed by atoms with Crippen molar-refractivity contribution in [1.29, 1.82) is 0 Å². The van der Waals surface area contributed by atoms with Gasteiger partial charge in [0.1, 0.15) is 6.04 Å². The topological polar surface area (TPSA) is 57.2 Å². The van der Waals surface area contributed by atoms with Crippen molar-refractivity contribution in [2.45, 2.75) is 58.9 Å². The number of thiophene rings is 1. The summed E-state index contributed by atoms with van der Waals surface area (Å²) in [7, 11) is -0.0696. The quantitative estimate of drug-likeness (QED) is 0.314. The van der Waals surface area contributed by atoms with Crippen molar-refractivity contribution >= 4 is 37.5 Å². The van der Waals surface area contributed by atoms with Crippen molar-refractivity contribution in [1.82, 2.24) is 4.90 Å². The second-order valence-electron chi connectivity index (χ2n) is 7.80. The Morgan fingerprint density at radius 2 is 1.84 bits per heavy atom. The minimum atomic E-state index is -1.48. The fourth-order valence-corrected chi connectivity index (χ4v) is 5.85. The molecule has 0 saturated carbocycles. The molecule has 1 aliphatic heterocycles. The Hall–Kier alpha value is -1.21. The number of halogens is 1. The molecule has 6 nitrogen and oxygen atoms in total. The largest absolute Gasteiger partial charge is 0.468 e. The minimum absolute atomic E-state index is 0.00590. The molecule has 1 aliphatic rings. The van der Waals surface area contributed by atoms with Crippen LogP contribution in [0.15, 0.2) is 30.3 Å². The van der Waals surface area contributed by atoms with Gasteiger partial charge in [0, 0.05) is 23.0 Å². The van der Waals surface area contributed by atoms with E-state index in [9.17, 15) is 4.79 Å². The summed E-state index contributed by atoms with van der Waals surface area (Å²) in [6.07, 6.45) is 0.827. The summed E-state index contributed by atoms with van der Waals surface area (Å²) >= 11 is 8.02. The van der Waals surface area contributed by atoms with Crippen LogP contribution in [0, 0.1) is 0 Å². The Bertz CT molecular complexity index is 881. The first-order valence-electron chi connectivity index (χ1n) is 10.3. The number of hydrogen-bond acceptors (Lipinski definition) is 7. The summed E-state index contributed by atoms with van der Waals surface area (Å²) in [4.78, 5) is 16.0. The third-order valence-corrected chi connectivity index (χ3v) is 7.74. The van der Waals surface area contributed by atoms with Gasteiger partial charge < -0.3 is 9.26 Å². The Balaban J connectivity index is 1.79. The summed E-state index contributed by atoms with van der Waals surface area (Å²) < 4.78 is 22.8. The Kier molecular flexibility index (Phi) is 8.74. The number of benzene rings is 1. The van der Waals surface area contributed by atoms with Crippen LogP contribution in [0.5, 0.6) is 5.06 Å². The summed E-state index contributed by atoms with van der Waals surface area (Å²) in [5, 5.41) is 1.33. The first-order chi connectivity index (χ1) is 14.8. The lowest BCUT2D eigenvalue weighted by atomic mass is 10.0. The van der Waals surface area contributed by atoms with Crippen molar-refractivity contribution in [2.75, 3.05) is 13.7 Å². The lowest BCUT2D eigenvalue weighted by molar-refractivity contribution is -0.147. The molecule has 170 valence electrons. The van der Waals surface area contributed by atoms with Crippen molar-refractivity contribution < 1.29 is 23.1 Å². The average molecular weight is 486 g/mol. The average Bonchev–Trinajstić information content (AvgIpc) is 3.09. The van der Waals surface area contributed by atoms with E-state index in [1.54, 1.807) is 17.4 Å². The molecule has 0 saturated heterocycles. The van der Waals surface area contributed by atoms with Crippen molar-refractivity contribution in [3.05, 3.63) is 51.4 Å². The molecule has 9 heteroatoms. The number of esters is 1. The minimum Gasteiger partial charge on any atom is -0.468 e. The van der Waals surface area contributed by atoms with Gasteiger partial charge in [-0.1, -0.05) is 29.8 Å². The highest BCUT2D eigenvalue weighted by atomic mass is 35.5. The molecule has 0 radical (unpaired) electrons. The molecule has 0 aliphatic carbocycles. The molecule has 3 rings (SSSR count). The number of nitrogens with zero attached hydrogens (tertiary/aromatic N) is 1. The van der Waals surface area contributed by atoms with Crippen LogP contribution in [0.2, 0.25) is 5.02 Å². The maximum atomic E-state index is 12.7. The van der Waals surface area contributed by atoms with Crippen LogP contribution in [-0.2, 0) is 31.5 Å². The molecular weight excluding hydrogens is 457 g/mol. The zero-order chi connectivity index (χ0) is 22.5. The fraction of sp³-hybridized carbons (Fsp3) is 0.500. The molecule has 1 aromatic carbocycles. The van der Waals surface area contributed by atoms with Gasteiger partial charge in [0.05, 0.1) is 19.3 Å². The Morgan fingerprint density at radius 3 is 2.45 bits per heavy atom. The van der Waals surface area contributed by atoms with Gasteiger partial charge in [-0.2, -0.15) is 0 Å². The van der Waals surface area contributed by atoms with Crippen LogP contribution in [0.3, 0.4) is 0 Å². The van der Waals surface area contributed by atoms with E-state index in [1.165, 1.54) is 12.0 Å². The molecule has 0 amide bonds. The van der Waals surface area contributed by atoms with Crippen LogP contribution < -0.4 is 4.52 Å². The van der Waals surface area contributed by atoms with Crippen molar-refractivity contribution in [3.8, 4) is 5.06 Å². The SMILES string of the molecule is COC(=O)C(c1ccccc1Cl)N1CCc2sc(OP(OC(C)C)OC(C)C)cc2C1. The molecule has 0 bridgehead atoms. The van der Waals surface area contributed by atoms with E-state index >= 15 is 0 Å². The first kappa shape index (κ1) is 24.4. The lowest BCUT2D eigenvalue weighted by Crippen LogP contribution is -2.38. The predicted molar refractivity (Wildman–Crippen MR) is 125 cm³/mol. The van der Waals surface area contributed by atoms with E-state index in [0.29, 0.717) is 11.6 Å². The van der Waals surface area contributed by atoms with E-state index in [1.807, 2.05) is 52.0 Å². The molecule has 0 N–H and O–H groups in total. The monoisotopic (exact) mass is 485 g/mol. The van der Waals surface area contributed by atoms with Crippen molar-refractivity contribution in [3.63, 3.8) is 0 Å². The number of fused-ring (bicyclic) bond motifs is 1. The standard InChI is InChI=1S/C22H29ClNO5PS/c1-14(2)27-30(28-15(3)4)29-20-12-16-13-24(11-10-19(16)31-20)21(22(25)26-5)17-8-6-7-9-18(17)23/h6-9,12,14-15,21H,10-11,13H2,1-5H3. The van der Waals surface area contributed by atoms with Gasteiger partial charge in [-0.25, -0.2) is 4.79 Å². The maximum Gasteiger partial charge on any atom is 0.398 e. The van der Waals surface area contributed by atoms with Gasteiger partial charge in [-0.3, -0.25) is 13.9 Å². The van der Waals surface area contributed by atoms with E-state index < -0.39 is 14.6 Å². The third kappa shape index (κ3) is 6.41. The summed E-state index contributed by atoms with van der Waals surface area (Å²) in [5.41, 5.74) is 1.89. The first-order valence-corrected chi connectivity index (χ1v) is 12.6. The molecule has 1 atom stereocenters. The number of rotatable bonds is 9. The second-order valence-corrected chi connectivity index (χ2v) is 10.4. The van der Waals surface area contributed by atoms with Gasteiger partial charge in [0.15, 0.2) is 5.06 Å². The lowest BCUT2D eigenvalue weighted by Gasteiger charge is -2.33. The van der Waals surface area contributed by atoms with Gasteiger partial charge in [-0.05, 0) is 57.4 Å². The van der Waals surface area contributed by atoms with Gasteiger partial charge in [0.25, 0.3) is 0 Å². The van der Waals surface area contributed by atoms with Crippen LogP contribution in [0.25, 0.3) is 0 Å². The number of ether oxygens (including phenoxy) is 1. The van der Waals surface area contributed by atoms with Crippen LogP contribution >= 0.6 is 31.5 Å². The molecule has 1 aromatic heterocycles. The van der Waals surface area contributed by atoms with Crippen LogP contribution in [-0.4, -0.2) is 36.7 Å². The van der Waals surface area contributed by atoms with Gasteiger partial charge in [-0.15, -0.1) is 11.3 Å². The number of methoxy groups -OCH3 is 1. The van der Waals surface area contributed by atoms with Crippen molar-refractivity contribution in [2.24, 2.45) is 0 Å². The maximum absolute atomic E-state index is 12.7. The van der Waals surface area contributed by atoms with E-state index in [-0.39, 0.29) is 18.2 Å². The predicted octanol–water partition coefficient (Wildman–Crippen LogP) is 6.13. The summed E-state index contributed by atoms with van der Waals surface area (Å²) in [5.74, 6) is -0.317. The molecule has 1 unspecified atom stereocenters. The number of hydrogen-bond donors (Lipinski definition) is 0. The second kappa shape index (κ2) is 11.1. The fourth-order valence-electron chi connectivity index (χ4n) is 3.36. The molecule has 31 heavy (non-hydrogen) atoms. The van der Waals surface area contributed by atoms with Gasteiger partial charge in [0.2, 0.25) is 0 Å². The third-order valence-electron chi connectivity index (χ3n) is 4.62. The molecule has 2 aromatic rings. The smallest absolute Gasteiger partial charge is 0.398 e. The zero-order valence-corrected chi connectivity index (χ0v) is 20.9. The summed E-state index contributed by atoms with van der Waals surface area (Å²) in [6, 6.07) is 8.88. The Morgan fingerprint density at radius 1 is 1.16 bits per heavy atom. The highest BCUT2D eigenvalue weighted by Gasteiger charge is 2.33. The Labute approximate surface area is 194 Å².